The van der Waals surface area contributed by atoms with E-state index >= 15 is 0 Å². The van der Waals surface area contributed by atoms with Gasteiger partial charge in [-0.3, -0.25) is 14.9 Å². The van der Waals surface area contributed by atoms with Crippen molar-refractivity contribution >= 4 is 17.2 Å². The predicted octanol–water partition coefficient (Wildman–Crippen LogP) is 3.96. The topological polar surface area (TPSA) is 63.5 Å². The first-order chi connectivity index (χ1) is 10.0. The molecule has 114 valence electrons. The fourth-order valence-corrected chi connectivity index (χ4v) is 3.04. The van der Waals surface area contributed by atoms with E-state index in [2.05, 4.69) is 4.90 Å². The summed E-state index contributed by atoms with van der Waals surface area (Å²) < 4.78 is 0. The van der Waals surface area contributed by atoms with E-state index in [4.69, 9.17) is 0 Å². The first-order valence-electron chi connectivity index (χ1n) is 7.53. The van der Waals surface area contributed by atoms with Gasteiger partial charge in [-0.2, -0.15) is 0 Å². The van der Waals surface area contributed by atoms with E-state index in [0.29, 0.717) is 6.04 Å². The Morgan fingerprint density at radius 1 is 1.24 bits per heavy atom. The van der Waals surface area contributed by atoms with Gasteiger partial charge >= 0.3 is 0 Å². The maximum atomic E-state index is 11.5. The standard InChI is InChI=1S/C16H22N2O3/c1-12(19)15-10-9-14(11-16(15)18(20)21)17(2)13-7-5-3-4-6-8-13/h9-11,13H,3-8H2,1-2H3. The first kappa shape index (κ1) is 15.5. The minimum atomic E-state index is -0.471. The lowest BCUT2D eigenvalue weighted by molar-refractivity contribution is -0.385. The highest BCUT2D eigenvalue weighted by Gasteiger charge is 2.22. The molecular weight excluding hydrogens is 268 g/mol. The minimum Gasteiger partial charge on any atom is -0.371 e. The number of carbonyl (C=O) groups is 1. The number of anilines is 1. The van der Waals surface area contributed by atoms with Crippen molar-refractivity contribution in [2.75, 3.05) is 11.9 Å². The van der Waals surface area contributed by atoms with Crippen molar-refractivity contribution in [3.63, 3.8) is 0 Å². The fourth-order valence-electron chi connectivity index (χ4n) is 3.04. The third kappa shape index (κ3) is 3.60. The summed E-state index contributed by atoms with van der Waals surface area (Å²) in [6.07, 6.45) is 7.21. The molecule has 0 atom stereocenters. The lowest BCUT2D eigenvalue weighted by atomic mass is 10.0. The molecule has 1 aliphatic carbocycles. The van der Waals surface area contributed by atoms with Crippen molar-refractivity contribution in [3.05, 3.63) is 33.9 Å². The molecule has 1 aromatic carbocycles. The Morgan fingerprint density at radius 3 is 2.38 bits per heavy atom. The molecule has 1 fully saturated rings. The first-order valence-corrected chi connectivity index (χ1v) is 7.53. The minimum absolute atomic E-state index is 0.0968. The van der Waals surface area contributed by atoms with Crippen LogP contribution in [0.3, 0.4) is 0 Å². The van der Waals surface area contributed by atoms with E-state index in [0.717, 1.165) is 18.5 Å². The van der Waals surface area contributed by atoms with Crippen molar-refractivity contribution in [2.24, 2.45) is 0 Å². The number of carbonyl (C=O) groups excluding carboxylic acids is 1. The van der Waals surface area contributed by atoms with Crippen LogP contribution in [0.15, 0.2) is 18.2 Å². The molecule has 1 aliphatic rings. The number of ketones is 1. The molecule has 0 aromatic heterocycles. The highest BCUT2D eigenvalue weighted by Crippen LogP contribution is 2.30. The van der Waals surface area contributed by atoms with Crippen molar-refractivity contribution in [1.82, 2.24) is 0 Å². The second-order valence-electron chi connectivity index (χ2n) is 5.77. The monoisotopic (exact) mass is 290 g/mol. The number of rotatable bonds is 4. The zero-order valence-electron chi connectivity index (χ0n) is 12.7. The maximum Gasteiger partial charge on any atom is 0.282 e. The molecule has 0 bridgehead atoms. The zero-order valence-corrected chi connectivity index (χ0v) is 12.7. The van der Waals surface area contributed by atoms with E-state index in [1.807, 2.05) is 13.1 Å². The summed E-state index contributed by atoms with van der Waals surface area (Å²) in [4.78, 5) is 24.3. The van der Waals surface area contributed by atoms with E-state index in [1.54, 1.807) is 6.07 Å². The zero-order chi connectivity index (χ0) is 15.4. The predicted molar refractivity (Wildman–Crippen MR) is 83.0 cm³/mol. The average molecular weight is 290 g/mol. The SMILES string of the molecule is CC(=O)c1ccc(N(C)C2CCCCCC2)cc1[N+](=O)[O-]. The van der Waals surface area contributed by atoms with Crippen LogP contribution in [0.4, 0.5) is 11.4 Å². The number of nitrogens with zero attached hydrogens (tertiary/aromatic N) is 2. The summed E-state index contributed by atoms with van der Waals surface area (Å²) in [5.74, 6) is -0.273. The molecule has 0 saturated heterocycles. The Bertz CT molecular complexity index is 534. The lowest BCUT2D eigenvalue weighted by Crippen LogP contribution is -2.31. The Kier molecular flexibility index (Phi) is 4.94. The molecule has 5 nitrogen and oxygen atoms in total. The normalized spacial score (nSPS) is 16.3. The van der Waals surface area contributed by atoms with Gasteiger partial charge in [-0.25, -0.2) is 0 Å². The highest BCUT2D eigenvalue weighted by molar-refractivity contribution is 5.98. The molecule has 0 radical (unpaired) electrons. The van der Waals surface area contributed by atoms with Gasteiger partial charge in [0.15, 0.2) is 5.78 Å². The van der Waals surface area contributed by atoms with Crippen LogP contribution in [0, 0.1) is 10.1 Å². The van der Waals surface area contributed by atoms with Gasteiger partial charge < -0.3 is 4.90 Å². The molecule has 2 rings (SSSR count). The van der Waals surface area contributed by atoms with Crippen LogP contribution in [0.5, 0.6) is 0 Å². The summed E-state index contributed by atoms with van der Waals surface area (Å²) in [5, 5.41) is 11.2. The average Bonchev–Trinajstić information content (AvgIpc) is 2.74. The van der Waals surface area contributed by atoms with E-state index < -0.39 is 4.92 Å². The molecule has 1 saturated carbocycles. The molecule has 0 unspecified atom stereocenters. The Hall–Kier alpha value is -1.91. The third-order valence-corrected chi connectivity index (χ3v) is 4.34. The smallest absolute Gasteiger partial charge is 0.282 e. The van der Waals surface area contributed by atoms with Gasteiger partial charge in [0.1, 0.15) is 0 Å². The second kappa shape index (κ2) is 6.70. The second-order valence-corrected chi connectivity index (χ2v) is 5.77. The quantitative estimate of drug-likeness (QED) is 0.364. The Labute approximate surface area is 125 Å². The molecule has 0 N–H and O–H groups in total. The summed E-state index contributed by atoms with van der Waals surface area (Å²) in [7, 11) is 1.99. The van der Waals surface area contributed by atoms with Gasteiger partial charge in [0.05, 0.1) is 10.5 Å². The van der Waals surface area contributed by atoms with E-state index in [9.17, 15) is 14.9 Å². The van der Waals surface area contributed by atoms with Crippen molar-refractivity contribution in [3.8, 4) is 0 Å². The van der Waals surface area contributed by atoms with Gasteiger partial charge in [-0.05, 0) is 31.9 Å². The summed E-state index contributed by atoms with van der Waals surface area (Å²) in [5.41, 5.74) is 0.900. The van der Waals surface area contributed by atoms with Crippen LogP contribution in [-0.2, 0) is 0 Å². The lowest BCUT2D eigenvalue weighted by Gasteiger charge is -2.29. The molecule has 5 heteroatoms. The van der Waals surface area contributed by atoms with Crippen LogP contribution in [0.2, 0.25) is 0 Å². The molecule has 0 spiro atoms. The van der Waals surface area contributed by atoms with Crippen LogP contribution in [0.1, 0.15) is 55.8 Å². The van der Waals surface area contributed by atoms with Gasteiger partial charge in [0.2, 0.25) is 0 Å². The van der Waals surface area contributed by atoms with Gasteiger partial charge in [-0.15, -0.1) is 0 Å². The van der Waals surface area contributed by atoms with Crippen molar-refractivity contribution < 1.29 is 9.72 Å². The Balaban J connectivity index is 2.28. The molecule has 0 aliphatic heterocycles. The third-order valence-electron chi connectivity index (χ3n) is 4.34. The summed E-state index contributed by atoms with van der Waals surface area (Å²) in [6.45, 7) is 1.36. The van der Waals surface area contributed by atoms with Crippen molar-refractivity contribution in [1.29, 1.82) is 0 Å². The number of Topliss-reactive ketones (excluding diaryl/α,β-unsaturated/α-hetero) is 1. The molecule has 21 heavy (non-hydrogen) atoms. The van der Waals surface area contributed by atoms with Crippen LogP contribution >= 0.6 is 0 Å². The van der Waals surface area contributed by atoms with Gasteiger partial charge in [-0.1, -0.05) is 25.7 Å². The number of hydrogen-bond acceptors (Lipinski definition) is 4. The van der Waals surface area contributed by atoms with Crippen molar-refractivity contribution in [2.45, 2.75) is 51.5 Å². The van der Waals surface area contributed by atoms with Gasteiger partial charge in [0.25, 0.3) is 5.69 Å². The number of benzene rings is 1. The Morgan fingerprint density at radius 2 is 1.86 bits per heavy atom. The fraction of sp³-hybridized carbons (Fsp3) is 0.562. The molecular formula is C16H22N2O3. The maximum absolute atomic E-state index is 11.5. The highest BCUT2D eigenvalue weighted by atomic mass is 16.6. The van der Waals surface area contributed by atoms with Crippen LogP contribution < -0.4 is 4.90 Å². The van der Waals surface area contributed by atoms with E-state index in [-0.39, 0.29) is 17.0 Å². The largest absolute Gasteiger partial charge is 0.371 e. The number of hydrogen-bond donors (Lipinski definition) is 0. The molecule has 0 heterocycles. The van der Waals surface area contributed by atoms with Crippen LogP contribution in [-0.4, -0.2) is 23.8 Å². The summed E-state index contributed by atoms with van der Waals surface area (Å²) in [6, 6.07) is 5.34. The molecule has 0 amide bonds. The van der Waals surface area contributed by atoms with E-state index in [1.165, 1.54) is 38.7 Å². The number of nitro groups is 1. The van der Waals surface area contributed by atoms with Gasteiger partial charge in [0, 0.05) is 24.8 Å². The van der Waals surface area contributed by atoms with Crippen LogP contribution in [0.25, 0.3) is 0 Å². The number of nitro benzene ring substituents is 1. The summed E-state index contributed by atoms with van der Waals surface area (Å²) >= 11 is 0. The molecule has 1 aromatic rings.